The monoisotopic (exact) mass is 415 g/mol. The predicted octanol–water partition coefficient (Wildman–Crippen LogP) is 2.76. The van der Waals surface area contributed by atoms with Gasteiger partial charge in [0.1, 0.15) is 11.8 Å². The van der Waals surface area contributed by atoms with Crippen LogP contribution in [0.1, 0.15) is 24.0 Å². The molecule has 0 bridgehead atoms. The maximum Gasteiger partial charge on any atom is 0.247 e. The Morgan fingerprint density at radius 1 is 1.10 bits per heavy atom. The summed E-state index contributed by atoms with van der Waals surface area (Å²) in [6, 6.07) is 14.7. The Morgan fingerprint density at radius 3 is 2.55 bits per heavy atom. The van der Waals surface area contributed by atoms with E-state index in [0.29, 0.717) is 31.6 Å². The zero-order valence-corrected chi connectivity index (χ0v) is 17.2. The number of rotatable bonds is 4. The summed E-state index contributed by atoms with van der Waals surface area (Å²) in [5, 5.41) is 6.27. The van der Waals surface area contributed by atoms with Gasteiger partial charge in [0.2, 0.25) is 11.8 Å². The second-order valence-electron chi connectivity index (χ2n) is 7.31. The number of hydrogen-bond donors (Lipinski definition) is 2. The van der Waals surface area contributed by atoms with E-state index < -0.39 is 6.04 Å². The van der Waals surface area contributed by atoms with Crippen molar-refractivity contribution in [1.29, 1.82) is 0 Å². The van der Waals surface area contributed by atoms with E-state index in [2.05, 4.69) is 22.8 Å². The molecule has 6 nitrogen and oxygen atoms in total. The lowest BCUT2D eigenvalue weighted by Crippen LogP contribution is -2.53. The van der Waals surface area contributed by atoms with E-state index in [9.17, 15) is 9.59 Å². The molecule has 4 rings (SSSR count). The number of halogens is 1. The van der Waals surface area contributed by atoms with Crippen LogP contribution in [0, 0.1) is 0 Å². The highest BCUT2D eigenvalue weighted by molar-refractivity contribution is 5.98. The SMILES string of the molecule is COc1ccc(NC(=O)C2CCCN2C(=O)C2Cc3ccccc3CN2)cc1.Cl. The van der Waals surface area contributed by atoms with E-state index in [0.717, 1.165) is 12.2 Å². The van der Waals surface area contributed by atoms with Crippen LogP contribution in [0.5, 0.6) is 5.75 Å². The molecule has 0 radical (unpaired) electrons. The lowest BCUT2D eigenvalue weighted by molar-refractivity contribution is -0.138. The van der Waals surface area contributed by atoms with Crippen molar-refractivity contribution in [2.75, 3.05) is 19.0 Å². The van der Waals surface area contributed by atoms with E-state index >= 15 is 0 Å². The molecular formula is C22H26ClN3O3. The number of ether oxygens (including phenoxy) is 1. The fraction of sp³-hybridized carbons (Fsp3) is 0.364. The smallest absolute Gasteiger partial charge is 0.247 e. The van der Waals surface area contributed by atoms with Crippen molar-refractivity contribution in [2.24, 2.45) is 0 Å². The van der Waals surface area contributed by atoms with Crippen LogP contribution in [0.3, 0.4) is 0 Å². The van der Waals surface area contributed by atoms with Gasteiger partial charge < -0.3 is 20.3 Å². The van der Waals surface area contributed by atoms with Crippen LogP contribution < -0.4 is 15.4 Å². The van der Waals surface area contributed by atoms with Gasteiger partial charge in [-0.2, -0.15) is 0 Å². The maximum atomic E-state index is 13.1. The van der Waals surface area contributed by atoms with E-state index in [-0.39, 0.29) is 30.3 Å². The lowest BCUT2D eigenvalue weighted by Gasteiger charge is -2.31. The largest absolute Gasteiger partial charge is 0.497 e. The Hall–Kier alpha value is -2.57. The van der Waals surface area contributed by atoms with Crippen molar-refractivity contribution in [3.8, 4) is 5.75 Å². The molecule has 0 saturated carbocycles. The summed E-state index contributed by atoms with van der Waals surface area (Å²) in [6.07, 6.45) is 2.20. The highest BCUT2D eigenvalue weighted by Crippen LogP contribution is 2.24. The molecule has 0 aromatic heterocycles. The Bertz CT molecular complexity index is 872. The van der Waals surface area contributed by atoms with Gasteiger partial charge in [0.15, 0.2) is 0 Å². The molecule has 2 unspecified atom stereocenters. The number of hydrogen-bond acceptors (Lipinski definition) is 4. The van der Waals surface area contributed by atoms with Gasteiger partial charge in [0.05, 0.1) is 13.2 Å². The molecule has 2 aliphatic rings. The van der Waals surface area contributed by atoms with E-state index in [1.54, 1.807) is 36.3 Å². The van der Waals surface area contributed by atoms with E-state index in [1.165, 1.54) is 11.1 Å². The summed E-state index contributed by atoms with van der Waals surface area (Å²) in [5.74, 6) is 0.619. The topological polar surface area (TPSA) is 70.7 Å². The second kappa shape index (κ2) is 9.29. The van der Waals surface area contributed by atoms with Gasteiger partial charge in [-0.25, -0.2) is 0 Å². The summed E-state index contributed by atoms with van der Waals surface area (Å²) in [4.78, 5) is 27.7. The first-order valence-corrected chi connectivity index (χ1v) is 9.71. The number of benzene rings is 2. The van der Waals surface area contributed by atoms with Crippen LogP contribution in [0.15, 0.2) is 48.5 Å². The molecule has 2 aromatic carbocycles. The van der Waals surface area contributed by atoms with Crippen LogP contribution in [-0.4, -0.2) is 42.5 Å². The molecule has 1 fully saturated rings. The number of amides is 2. The fourth-order valence-electron chi connectivity index (χ4n) is 4.03. The number of methoxy groups -OCH3 is 1. The van der Waals surface area contributed by atoms with Crippen molar-refractivity contribution in [3.05, 3.63) is 59.7 Å². The minimum absolute atomic E-state index is 0. The number of nitrogens with zero attached hydrogens (tertiary/aromatic N) is 1. The normalized spacial score (nSPS) is 20.4. The first-order chi connectivity index (χ1) is 13.7. The molecule has 154 valence electrons. The Kier molecular flexibility index (Phi) is 6.77. The third-order valence-corrected chi connectivity index (χ3v) is 5.58. The average Bonchev–Trinajstić information content (AvgIpc) is 3.23. The van der Waals surface area contributed by atoms with Gasteiger partial charge in [-0.05, 0) is 54.7 Å². The van der Waals surface area contributed by atoms with Crippen molar-refractivity contribution in [2.45, 2.75) is 37.9 Å². The summed E-state index contributed by atoms with van der Waals surface area (Å²) >= 11 is 0. The summed E-state index contributed by atoms with van der Waals surface area (Å²) in [7, 11) is 1.60. The molecule has 0 aliphatic carbocycles. The van der Waals surface area contributed by atoms with Gasteiger partial charge in [0, 0.05) is 18.8 Å². The molecule has 7 heteroatoms. The van der Waals surface area contributed by atoms with Crippen LogP contribution in [-0.2, 0) is 22.6 Å². The van der Waals surface area contributed by atoms with Crippen LogP contribution in [0.25, 0.3) is 0 Å². The average molecular weight is 416 g/mol. The molecule has 29 heavy (non-hydrogen) atoms. The Balaban J connectivity index is 0.00000240. The number of nitrogens with one attached hydrogen (secondary N) is 2. The highest BCUT2D eigenvalue weighted by Gasteiger charge is 2.38. The number of likely N-dealkylation sites (tertiary alicyclic amines) is 1. The zero-order valence-electron chi connectivity index (χ0n) is 16.4. The van der Waals surface area contributed by atoms with Crippen LogP contribution in [0.2, 0.25) is 0 Å². The second-order valence-corrected chi connectivity index (χ2v) is 7.31. The quantitative estimate of drug-likeness (QED) is 0.805. The minimum atomic E-state index is -0.423. The van der Waals surface area contributed by atoms with Gasteiger partial charge in [-0.1, -0.05) is 24.3 Å². The first kappa shape index (κ1) is 21.1. The van der Waals surface area contributed by atoms with E-state index in [1.807, 2.05) is 12.1 Å². The highest BCUT2D eigenvalue weighted by atomic mass is 35.5. The Labute approximate surface area is 177 Å². The minimum Gasteiger partial charge on any atom is -0.497 e. The number of carbonyl (C=O) groups excluding carboxylic acids is 2. The Morgan fingerprint density at radius 2 is 1.83 bits per heavy atom. The fourth-order valence-corrected chi connectivity index (χ4v) is 4.03. The number of anilines is 1. The number of fused-ring (bicyclic) bond motifs is 1. The molecular weight excluding hydrogens is 390 g/mol. The molecule has 0 spiro atoms. The molecule has 2 atom stereocenters. The third-order valence-electron chi connectivity index (χ3n) is 5.58. The maximum absolute atomic E-state index is 13.1. The molecule has 1 saturated heterocycles. The zero-order chi connectivity index (χ0) is 19.5. The molecule has 2 N–H and O–H groups in total. The third kappa shape index (κ3) is 4.54. The van der Waals surface area contributed by atoms with Gasteiger partial charge >= 0.3 is 0 Å². The van der Waals surface area contributed by atoms with Crippen molar-refractivity contribution < 1.29 is 14.3 Å². The van der Waals surface area contributed by atoms with Crippen LogP contribution in [0.4, 0.5) is 5.69 Å². The molecule has 2 aromatic rings. The first-order valence-electron chi connectivity index (χ1n) is 9.71. The predicted molar refractivity (Wildman–Crippen MR) is 114 cm³/mol. The van der Waals surface area contributed by atoms with Gasteiger partial charge in [-0.15, -0.1) is 12.4 Å². The molecule has 2 aliphatic heterocycles. The number of carbonyl (C=O) groups is 2. The van der Waals surface area contributed by atoms with Gasteiger partial charge in [0.25, 0.3) is 0 Å². The molecule has 2 heterocycles. The van der Waals surface area contributed by atoms with Crippen molar-refractivity contribution in [1.82, 2.24) is 10.2 Å². The standard InChI is InChI=1S/C22H25N3O3.ClH/c1-28-18-10-8-17(9-11-18)24-21(26)20-7-4-12-25(20)22(27)19-13-15-5-2-3-6-16(15)14-23-19;/h2-3,5-6,8-11,19-20,23H,4,7,12-14H2,1H3,(H,24,26);1H. The summed E-state index contributed by atoms with van der Waals surface area (Å²) in [5.41, 5.74) is 3.15. The van der Waals surface area contributed by atoms with Crippen molar-refractivity contribution >= 4 is 29.9 Å². The van der Waals surface area contributed by atoms with Gasteiger partial charge in [-0.3, -0.25) is 9.59 Å². The summed E-state index contributed by atoms with van der Waals surface area (Å²) in [6.45, 7) is 1.31. The van der Waals surface area contributed by atoms with Crippen LogP contribution >= 0.6 is 12.4 Å². The lowest BCUT2D eigenvalue weighted by atomic mass is 9.95. The van der Waals surface area contributed by atoms with E-state index in [4.69, 9.17) is 4.74 Å². The summed E-state index contributed by atoms with van der Waals surface area (Å²) < 4.78 is 5.14. The van der Waals surface area contributed by atoms with Crippen molar-refractivity contribution in [3.63, 3.8) is 0 Å². The molecule has 2 amide bonds.